The lowest BCUT2D eigenvalue weighted by atomic mass is 10.1. The van der Waals surface area contributed by atoms with Crippen LogP contribution in [-0.4, -0.2) is 30.0 Å². The monoisotopic (exact) mass is 349 g/mol. The van der Waals surface area contributed by atoms with Crippen LogP contribution in [0.4, 0.5) is 0 Å². The Bertz CT molecular complexity index is 554. The highest BCUT2D eigenvalue weighted by Crippen LogP contribution is 2.25. The standard InChI is InChI=1S/C13H15N3O2S.2ClH/c17-12(16-9-3-5-14-6-4-9)11-8-15-13(19-11)10-2-1-7-18-10;;/h1-2,7-9,14H,3-6H2,(H,16,17);2*1H. The van der Waals surface area contributed by atoms with Gasteiger partial charge in [-0.15, -0.1) is 36.2 Å². The number of hydrogen-bond acceptors (Lipinski definition) is 5. The molecule has 2 aromatic rings. The lowest BCUT2D eigenvalue weighted by Crippen LogP contribution is -2.42. The maximum atomic E-state index is 12.1. The topological polar surface area (TPSA) is 67.2 Å². The molecule has 3 heterocycles. The first-order valence-electron chi connectivity index (χ1n) is 6.34. The highest BCUT2D eigenvalue weighted by molar-refractivity contribution is 7.16. The zero-order chi connectivity index (χ0) is 13.1. The van der Waals surface area contributed by atoms with Crippen LogP contribution in [0, 0.1) is 0 Å². The van der Waals surface area contributed by atoms with Gasteiger partial charge in [0.25, 0.3) is 5.91 Å². The van der Waals surface area contributed by atoms with E-state index < -0.39 is 0 Å². The van der Waals surface area contributed by atoms with Gasteiger partial charge in [-0.05, 0) is 38.1 Å². The smallest absolute Gasteiger partial charge is 0.263 e. The first-order chi connectivity index (χ1) is 9.33. The maximum absolute atomic E-state index is 12.1. The normalized spacial score (nSPS) is 14.9. The summed E-state index contributed by atoms with van der Waals surface area (Å²) in [5.74, 6) is 0.660. The van der Waals surface area contributed by atoms with E-state index in [0.717, 1.165) is 30.9 Å². The number of carbonyl (C=O) groups is 1. The zero-order valence-corrected chi connectivity index (χ0v) is 13.7. The predicted octanol–water partition coefficient (Wildman–Crippen LogP) is 2.73. The summed E-state index contributed by atoms with van der Waals surface area (Å²) in [5, 5.41) is 7.07. The second kappa shape index (κ2) is 8.38. The first kappa shape index (κ1) is 18.0. The van der Waals surface area contributed by atoms with E-state index in [0.29, 0.717) is 10.6 Å². The van der Waals surface area contributed by atoms with Crippen LogP contribution in [0.2, 0.25) is 0 Å². The van der Waals surface area contributed by atoms with Crippen LogP contribution in [-0.2, 0) is 0 Å². The quantitative estimate of drug-likeness (QED) is 0.893. The van der Waals surface area contributed by atoms with Crippen molar-refractivity contribution < 1.29 is 9.21 Å². The van der Waals surface area contributed by atoms with Crippen molar-refractivity contribution in [2.24, 2.45) is 0 Å². The Kier molecular flexibility index (Phi) is 7.17. The summed E-state index contributed by atoms with van der Waals surface area (Å²) >= 11 is 1.35. The molecule has 2 aromatic heterocycles. The number of nitrogens with zero attached hydrogens (tertiary/aromatic N) is 1. The molecule has 1 aliphatic heterocycles. The molecule has 5 nitrogen and oxygen atoms in total. The Balaban J connectivity index is 0.00000110. The van der Waals surface area contributed by atoms with E-state index in [1.807, 2.05) is 12.1 Å². The molecule has 116 valence electrons. The largest absolute Gasteiger partial charge is 0.462 e. The molecule has 0 aliphatic carbocycles. The summed E-state index contributed by atoms with van der Waals surface area (Å²) in [6.07, 6.45) is 5.18. The zero-order valence-electron chi connectivity index (χ0n) is 11.2. The van der Waals surface area contributed by atoms with Crippen LogP contribution in [0.25, 0.3) is 10.8 Å². The van der Waals surface area contributed by atoms with Crippen LogP contribution >= 0.6 is 36.2 Å². The van der Waals surface area contributed by atoms with Crippen molar-refractivity contribution in [3.8, 4) is 10.8 Å². The molecule has 8 heteroatoms. The Labute approximate surface area is 139 Å². The Morgan fingerprint density at radius 2 is 2.14 bits per heavy atom. The van der Waals surface area contributed by atoms with Crippen molar-refractivity contribution in [1.29, 1.82) is 0 Å². The summed E-state index contributed by atoms with van der Waals surface area (Å²) in [5.41, 5.74) is 0. The van der Waals surface area contributed by atoms with Crippen molar-refractivity contribution in [2.45, 2.75) is 18.9 Å². The van der Waals surface area contributed by atoms with E-state index in [1.165, 1.54) is 11.3 Å². The van der Waals surface area contributed by atoms with Gasteiger partial charge in [-0.2, -0.15) is 0 Å². The van der Waals surface area contributed by atoms with E-state index in [2.05, 4.69) is 15.6 Å². The third kappa shape index (κ3) is 4.44. The van der Waals surface area contributed by atoms with Crippen molar-refractivity contribution in [3.63, 3.8) is 0 Å². The fourth-order valence-corrected chi connectivity index (χ4v) is 2.90. The van der Waals surface area contributed by atoms with Crippen LogP contribution in [0.1, 0.15) is 22.5 Å². The minimum atomic E-state index is -0.0396. The van der Waals surface area contributed by atoms with Crippen molar-refractivity contribution in [2.75, 3.05) is 13.1 Å². The number of carbonyl (C=O) groups excluding carboxylic acids is 1. The van der Waals surface area contributed by atoms with Gasteiger partial charge in [0.1, 0.15) is 4.88 Å². The van der Waals surface area contributed by atoms with Crippen molar-refractivity contribution in [1.82, 2.24) is 15.6 Å². The summed E-state index contributed by atoms with van der Waals surface area (Å²) in [7, 11) is 0. The number of rotatable bonds is 3. The third-order valence-corrected chi connectivity index (χ3v) is 4.15. The average Bonchev–Trinajstić information content (AvgIpc) is 3.11. The number of piperidine rings is 1. The van der Waals surface area contributed by atoms with Gasteiger partial charge >= 0.3 is 0 Å². The second-order valence-corrected chi connectivity index (χ2v) is 5.54. The van der Waals surface area contributed by atoms with E-state index >= 15 is 0 Å². The molecule has 1 fully saturated rings. The molecule has 0 unspecified atom stereocenters. The second-order valence-electron chi connectivity index (χ2n) is 4.50. The third-order valence-electron chi connectivity index (χ3n) is 3.14. The predicted molar refractivity (Wildman–Crippen MR) is 87.7 cm³/mol. The van der Waals surface area contributed by atoms with E-state index in [4.69, 9.17) is 4.42 Å². The SMILES string of the molecule is Cl.Cl.O=C(NC1CCNCC1)c1cnc(-c2ccco2)s1. The lowest BCUT2D eigenvalue weighted by Gasteiger charge is -2.23. The van der Waals surface area contributed by atoms with Crippen LogP contribution in [0.5, 0.6) is 0 Å². The Morgan fingerprint density at radius 1 is 1.38 bits per heavy atom. The highest BCUT2D eigenvalue weighted by atomic mass is 35.5. The number of thiazole rings is 1. The molecule has 0 spiro atoms. The van der Waals surface area contributed by atoms with Gasteiger partial charge in [0.15, 0.2) is 10.8 Å². The van der Waals surface area contributed by atoms with Gasteiger partial charge in [-0.1, -0.05) is 0 Å². The molecule has 2 N–H and O–H groups in total. The maximum Gasteiger partial charge on any atom is 0.263 e. The highest BCUT2D eigenvalue weighted by Gasteiger charge is 2.18. The number of furan rings is 1. The van der Waals surface area contributed by atoms with Crippen LogP contribution in [0.3, 0.4) is 0 Å². The molecule has 0 aromatic carbocycles. The molecule has 0 saturated carbocycles. The summed E-state index contributed by atoms with van der Waals surface area (Å²) in [6, 6.07) is 3.92. The number of hydrogen-bond donors (Lipinski definition) is 2. The summed E-state index contributed by atoms with van der Waals surface area (Å²) < 4.78 is 5.27. The minimum absolute atomic E-state index is 0. The minimum Gasteiger partial charge on any atom is -0.462 e. The molecular formula is C13H17Cl2N3O2S. The molecular weight excluding hydrogens is 333 g/mol. The molecule has 0 bridgehead atoms. The van der Waals surface area contributed by atoms with Gasteiger partial charge in [-0.25, -0.2) is 4.98 Å². The Hall–Kier alpha value is -1.08. The average molecular weight is 350 g/mol. The van der Waals surface area contributed by atoms with E-state index in [1.54, 1.807) is 12.5 Å². The molecule has 21 heavy (non-hydrogen) atoms. The van der Waals surface area contributed by atoms with E-state index in [9.17, 15) is 4.79 Å². The molecule has 1 aliphatic rings. The number of aromatic nitrogens is 1. The van der Waals surface area contributed by atoms with Gasteiger partial charge < -0.3 is 15.1 Å². The molecule has 3 rings (SSSR count). The van der Waals surface area contributed by atoms with Gasteiger partial charge in [0, 0.05) is 6.04 Å². The number of nitrogens with one attached hydrogen (secondary N) is 2. The fraction of sp³-hybridized carbons (Fsp3) is 0.385. The molecule has 0 atom stereocenters. The van der Waals surface area contributed by atoms with Crippen molar-refractivity contribution in [3.05, 3.63) is 29.5 Å². The van der Waals surface area contributed by atoms with Gasteiger partial charge in [0.2, 0.25) is 0 Å². The van der Waals surface area contributed by atoms with Gasteiger partial charge in [0.05, 0.1) is 12.5 Å². The Morgan fingerprint density at radius 3 is 2.81 bits per heavy atom. The molecule has 1 saturated heterocycles. The molecule has 0 radical (unpaired) electrons. The summed E-state index contributed by atoms with van der Waals surface area (Å²) in [4.78, 5) is 17.0. The first-order valence-corrected chi connectivity index (χ1v) is 7.16. The molecule has 1 amide bonds. The number of amides is 1. The lowest BCUT2D eigenvalue weighted by molar-refractivity contribution is 0.0933. The number of halogens is 2. The summed E-state index contributed by atoms with van der Waals surface area (Å²) in [6.45, 7) is 1.93. The van der Waals surface area contributed by atoms with Crippen LogP contribution < -0.4 is 10.6 Å². The van der Waals surface area contributed by atoms with E-state index in [-0.39, 0.29) is 36.8 Å². The van der Waals surface area contributed by atoms with Gasteiger partial charge in [-0.3, -0.25) is 4.79 Å². The fourth-order valence-electron chi connectivity index (χ4n) is 2.12. The van der Waals surface area contributed by atoms with Crippen LogP contribution in [0.15, 0.2) is 29.0 Å². The van der Waals surface area contributed by atoms with Crippen molar-refractivity contribution >= 4 is 42.1 Å².